The van der Waals surface area contributed by atoms with Crippen LogP contribution >= 0.6 is 11.3 Å². The number of nitrogens with zero attached hydrogens (tertiary/aromatic N) is 3. The molecule has 0 saturated heterocycles. The Hall–Kier alpha value is -4.11. The minimum absolute atomic E-state index is 0.225. The maximum Gasteiger partial charge on any atom is 0.253 e. The monoisotopic (exact) mass is 505 g/mol. The van der Waals surface area contributed by atoms with Gasteiger partial charge in [-0.2, -0.15) is 0 Å². The van der Waals surface area contributed by atoms with Crippen molar-refractivity contribution in [3.05, 3.63) is 72.1 Å². The van der Waals surface area contributed by atoms with Crippen LogP contribution in [0.4, 0.5) is 5.13 Å². The first kappa shape index (κ1) is 25.0. The van der Waals surface area contributed by atoms with Crippen molar-refractivity contribution in [1.82, 2.24) is 9.97 Å². The van der Waals surface area contributed by atoms with E-state index >= 15 is 0 Å². The molecule has 4 aromatic rings. The van der Waals surface area contributed by atoms with Gasteiger partial charge in [-0.05, 0) is 60.5 Å². The second-order valence-corrected chi connectivity index (χ2v) is 8.65. The fourth-order valence-corrected chi connectivity index (χ4v) is 4.63. The van der Waals surface area contributed by atoms with Gasteiger partial charge in [-0.1, -0.05) is 17.4 Å². The summed E-state index contributed by atoms with van der Waals surface area (Å²) in [6.45, 7) is 2.84. The molecule has 2 heterocycles. The van der Waals surface area contributed by atoms with Crippen molar-refractivity contribution in [1.29, 1.82) is 0 Å². The number of rotatable bonds is 10. The minimum Gasteiger partial charge on any atom is -0.494 e. The van der Waals surface area contributed by atoms with E-state index in [9.17, 15) is 4.79 Å². The van der Waals surface area contributed by atoms with Gasteiger partial charge in [-0.3, -0.25) is 14.7 Å². The van der Waals surface area contributed by atoms with E-state index in [4.69, 9.17) is 23.9 Å². The van der Waals surface area contributed by atoms with Crippen molar-refractivity contribution in [3.63, 3.8) is 0 Å². The Bertz CT molecular complexity index is 1350. The number of methoxy groups -OCH3 is 3. The van der Waals surface area contributed by atoms with Crippen LogP contribution in [0.15, 0.2) is 60.9 Å². The van der Waals surface area contributed by atoms with Crippen molar-refractivity contribution < 1.29 is 23.7 Å². The summed E-state index contributed by atoms with van der Waals surface area (Å²) in [5.41, 5.74) is 2.42. The first-order valence-electron chi connectivity index (χ1n) is 11.3. The first-order valence-corrected chi connectivity index (χ1v) is 12.1. The summed E-state index contributed by atoms with van der Waals surface area (Å²) >= 11 is 1.43. The fourth-order valence-electron chi connectivity index (χ4n) is 3.63. The van der Waals surface area contributed by atoms with Crippen LogP contribution < -0.4 is 23.8 Å². The van der Waals surface area contributed by atoms with Crippen molar-refractivity contribution in [2.24, 2.45) is 0 Å². The fraction of sp³-hybridized carbons (Fsp3) is 0.222. The third-order valence-corrected chi connectivity index (χ3v) is 6.37. The molecule has 0 aliphatic rings. The predicted octanol–water partition coefficient (Wildman–Crippen LogP) is 5.36. The zero-order valence-corrected chi connectivity index (χ0v) is 21.4. The summed E-state index contributed by atoms with van der Waals surface area (Å²) < 4.78 is 22.8. The van der Waals surface area contributed by atoms with E-state index in [-0.39, 0.29) is 5.91 Å². The Balaban J connectivity index is 1.68. The molecule has 36 heavy (non-hydrogen) atoms. The molecule has 0 N–H and O–H groups in total. The van der Waals surface area contributed by atoms with E-state index in [1.165, 1.54) is 17.4 Å². The molecule has 0 aliphatic heterocycles. The first-order chi connectivity index (χ1) is 17.6. The smallest absolute Gasteiger partial charge is 0.253 e. The van der Waals surface area contributed by atoms with Crippen molar-refractivity contribution in [2.45, 2.75) is 13.5 Å². The Morgan fingerprint density at radius 3 is 2.47 bits per heavy atom. The number of anilines is 1. The third-order valence-electron chi connectivity index (χ3n) is 5.33. The summed E-state index contributed by atoms with van der Waals surface area (Å²) in [5.74, 6) is 2.05. The molecule has 9 heteroatoms. The molecule has 0 atom stereocenters. The normalized spacial score (nSPS) is 11.0. The molecule has 4 rings (SSSR count). The van der Waals surface area contributed by atoms with E-state index in [1.807, 2.05) is 37.3 Å². The number of pyridine rings is 1. The molecule has 8 nitrogen and oxygen atoms in total. The van der Waals surface area contributed by atoms with Crippen LogP contribution in [0.3, 0.4) is 0 Å². The maximum absolute atomic E-state index is 13.5. The molecule has 0 radical (unpaired) electrons. The van der Waals surface area contributed by atoms with Crippen LogP contribution in [-0.4, -0.2) is 43.8 Å². The van der Waals surface area contributed by atoms with Crippen LogP contribution in [0.2, 0.25) is 0 Å². The number of aromatic nitrogens is 2. The number of carbonyl (C=O) groups is 1. The Kier molecular flexibility index (Phi) is 8.02. The predicted molar refractivity (Wildman–Crippen MR) is 141 cm³/mol. The summed E-state index contributed by atoms with van der Waals surface area (Å²) in [7, 11) is 4.65. The second-order valence-electron chi connectivity index (χ2n) is 7.64. The Morgan fingerprint density at radius 2 is 1.83 bits per heavy atom. The van der Waals surface area contributed by atoms with Gasteiger partial charge in [0.25, 0.3) is 5.91 Å². The highest BCUT2D eigenvalue weighted by Crippen LogP contribution is 2.38. The Labute approximate surface area is 213 Å². The molecule has 0 fully saturated rings. The molecule has 0 spiro atoms. The van der Waals surface area contributed by atoms with E-state index in [0.717, 1.165) is 27.1 Å². The lowest BCUT2D eigenvalue weighted by molar-refractivity contribution is -0.114. The SMILES string of the molecule is CCOc1ccc2nc(N(Cc3cccnc3)C(=O)/C=C/c3cc(OC)c(OC)c(OC)c3)sc2c1. The molecular weight excluding hydrogens is 478 g/mol. The number of carbonyl (C=O) groups excluding carboxylic acids is 1. The minimum atomic E-state index is -0.225. The Morgan fingerprint density at radius 1 is 1.06 bits per heavy atom. The number of hydrogen-bond acceptors (Lipinski definition) is 8. The van der Waals surface area contributed by atoms with E-state index in [1.54, 1.807) is 56.8 Å². The third kappa shape index (κ3) is 5.58. The average Bonchev–Trinajstić information content (AvgIpc) is 3.33. The van der Waals surface area contributed by atoms with Crippen LogP contribution in [0.5, 0.6) is 23.0 Å². The number of amides is 1. The molecule has 0 saturated carbocycles. The highest BCUT2D eigenvalue weighted by atomic mass is 32.1. The lowest BCUT2D eigenvalue weighted by atomic mass is 10.1. The molecule has 2 aromatic heterocycles. The topological polar surface area (TPSA) is 83.0 Å². The van der Waals surface area contributed by atoms with Crippen LogP contribution in [-0.2, 0) is 11.3 Å². The molecule has 2 aromatic carbocycles. The van der Waals surface area contributed by atoms with Gasteiger partial charge in [-0.15, -0.1) is 0 Å². The molecule has 0 bridgehead atoms. The zero-order valence-electron chi connectivity index (χ0n) is 20.6. The maximum atomic E-state index is 13.5. The van der Waals surface area contributed by atoms with Crippen molar-refractivity contribution in [3.8, 4) is 23.0 Å². The zero-order chi connectivity index (χ0) is 25.5. The molecule has 1 amide bonds. The molecule has 0 unspecified atom stereocenters. The highest BCUT2D eigenvalue weighted by molar-refractivity contribution is 7.22. The lowest BCUT2D eigenvalue weighted by Gasteiger charge is -2.18. The van der Waals surface area contributed by atoms with Gasteiger partial charge in [0, 0.05) is 18.5 Å². The van der Waals surface area contributed by atoms with Crippen LogP contribution in [0.1, 0.15) is 18.1 Å². The van der Waals surface area contributed by atoms with Crippen LogP contribution in [0.25, 0.3) is 16.3 Å². The largest absolute Gasteiger partial charge is 0.494 e. The highest BCUT2D eigenvalue weighted by Gasteiger charge is 2.19. The lowest BCUT2D eigenvalue weighted by Crippen LogP contribution is -2.28. The summed E-state index contributed by atoms with van der Waals surface area (Å²) in [5, 5.41) is 0.585. The number of thiazole rings is 1. The number of fused-ring (bicyclic) bond motifs is 1. The van der Waals surface area contributed by atoms with Crippen molar-refractivity contribution in [2.75, 3.05) is 32.8 Å². The summed E-state index contributed by atoms with van der Waals surface area (Å²) in [6, 6.07) is 13.1. The van der Waals surface area contributed by atoms with E-state index in [0.29, 0.717) is 35.5 Å². The standard InChI is InChI=1S/C27H27N3O5S/c1-5-35-20-9-10-21-24(15-20)36-27(29-21)30(17-19-7-6-12-28-16-19)25(31)11-8-18-13-22(32-2)26(34-4)23(14-18)33-3/h6-16H,5,17H2,1-4H3/b11-8+. The van der Waals surface area contributed by atoms with Gasteiger partial charge in [0.1, 0.15) is 5.75 Å². The number of benzene rings is 2. The second kappa shape index (κ2) is 11.5. The number of hydrogen-bond donors (Lipinski definition) is 0. The van der Waals surface area contributed by atoms with Gasteiger partial charge < -0.3 is 18.9 Å². The molecule has 0 aliphatic carbocycles. The van der Waals surface area contributed by atoms with Gasteiger partial charge in [0.05, 0.1) is 44.7 Å². The quantitative estimate of drug-likeness (QED) is 0.268. The summed E-state index contributed by atoms with van der Waals surface area (Å²) in [4.78, 5) is 24.0. The number of ether oxygens (including phenoxy) is 4. The average molecular weight is 506 g/mol. The van der Waals surface area contributed by atoms with E-state index < -0.39 is 0 Å². The van der Waals surface area contributed by atoms with Gasteiger partial charge in [0.2, 0.25) is 5.75 Å². The van der Waals surface area contributed by atoms with Crippen molar-refractivity contribution >= 4 is 38.7 Å². The molecule has 186 valence electrons. The van der Waals surface area contributed by atoms with Gasteiger partial charge in [0.15, 0.2) is 16.6 Å². The van der Waals surface area contributed by atoms with Gasteiger partial charge in [-0.25, -0.2) is 4.98 Å². The van der Waals surface area contributed by atoms with Gasteiger partial charge >= 0.3 is 0 Å². The summed E-state index contributed by atoms with van der Waals surface area (Å²) in [6.07, 6.45) is 6.66. The molecular formula is C27H27N3O5S. The van der Waals surface area contributed by atoms with Crippen LogP contribution in [0, 0.1) is 0 Å². The van der Waals surface area contributed by atoms with E-state index in [2.05, 4.69) is 4.98 Å².